The number of aliphatic hydroxyl groups is 1. The summed E-state index contributed by atoms with van der Waals surface area (Å²) in [5.41, 5.74) is 0. The Labute approximate surface area is 141 Å². The maximum Gasteiger partial charge on any atom is 0.224 e. The van der Waals surface area contributed by atoms with E-state index in [1.54, 1.807) is 13.2 Å². The predicted molar refractivity (Wildman–Crippen MR) is 87.1 cm³/mol. The van der Waals surface area contributed by atoms with Gasteiger partial charge in [0.15, 0.2) is 17.3 Å². The number of ketones is 1. The summed E-state index contributed by atoms with van der Waals surface area (Å²) in [6, 6.07) is 9.14. The number of nitrogens with zero attached hydrogens (tertiary/aromatic N) is 2. The van der Waals surface area contributed by atoms with Crippen LogP contribution in [0, 0.1) is 0 Å². The highest BCUT2D eigenvalue weighted by Gasteiger charge is 2.13. The summed E-state index contributed by atoms with van der Waals surface area (Å²) in [6.07, 6.45) is 3.75. The Morgan fingerprint density at radius 2 is 2.12 bits per heavy atom. The first kappa shape index (κ1) is 15.9. The fourth-order valence-corrected chi connectivity index (χ4v) is 2.68. The number of ether oxygens (including phenoxy) is 1. The van der Waals surface area contributed by atoms with E-state index in [0.717, 1.165) is 21.6 Å². The molecular formula is C16H13N3O4S. The number of allylic oxidation sites excluding steroid dienone is 1. The summed E-state index contributed by atoms with van der Waals surface area (Å²) in [7, 11) is 1.61. The lowest BCUT2D eigenvalue weighted by Gasteiger charge is -2.01. The van der Waals surface area contributed by atoms with E-state index in [9.17, 15) is 9.90 Å². The zero-order valence-corrected chi connectivity index (χ0v) is 13.4. The van der Waals surface area contributed by atoms with Crippen molar-refractivity contribution in [3.8, 4) is 5.75 Å². The summed E-state index contributed by atoms with van der Waals surface area (Å²) in [5, 5.41) is 15.8. The van der Waals surface area contributed by atoms with Crippen LogP contribution in [0.25, 0.3) is 5.76 Å². The van der Waals surface area contributed by atoms with Crippen molar-refractivity contribution < 1.29 is 19.1 Å². The Balaban J connectivity index is 1.70. The van der Waals surface area contributed by atoms with Gasteiger partial charge in [0.05, 0.1) is 12.0 Å². The number of aromatic nitrogens is 3. The Kier molecular flexibility index (Phi) is 4.66. The number of aromatic amines is 1. The van der Waals surface area contributed by atoms with Crippen molar-refractivity contribution in [2.45, 2.75) is 9.79 Å². The van der Waals surface area contributed by atoms with Crippen molar-refractivity contribution in [3.63, 3.8) is 0 Å². The number of furan rings is 1. The second-order valence-corrected chi connectivity index (χ2v) is 5.80. The molecule has 0 radical (unpaired) electrons. The Morgan fingerprint density at radius 3 is 2.79 bits per heavy atom. The Hall–Kier alpha value is -3.00. The molecule has 0 unspecified atom stereocenters. The maximum absolute atomic E-state index is 12.1. The first-order chi connectivity index (χ1) is 11.7. The number of nitrogens with one attached hydrogen (secondary N) is 1. The van der Waals surface area contributed by atoms with Crippen LogP contribution in [0.1, 0.15) is 16.4 Å². The summed E-state index contributed by atoms with van der Waals surface area (Å²) in [4.78, 5) is 17.6. The molecular weight excluding hydrogens is 330 g/mol. The number of carbonyl (C=O) groups is 1. The number of carbonyl (C=O) groups excluding carboxylic acids is 1. The van der Waals surface area contributed by atoms with E-state index in [2.05, 4.69) is 15.2 Å². The van der Waals surface area contributed by atoms with Gasteiger partial charge in [0, 0.05) is 17.0 Å². The lowest BCUT2D eigenvalue weighted by molar-refractivity contribution is 0.102. The molecule has 1 aromatic carbocycles. The lowest BCUT2D eigenvalue weighted by Crippen LogP contribution is -1.95. The molecule has 2 N–H and O–H groups in total. The van der Waals surface area contributed by atoms with Gasteiger partial charge < -0.3 is 14.3 Å². The van der Waals surface area contributed by atoms with Gasteiger partial charge in [-0.15, -0.1) is 0 Å². The smallest absolute Gasteiger partial charge is 0.224 e. The van der Waals surface area contributed by atoms with Crippen LogP contribution in [0.5, 0.6) is 5.75 Å². The predicted octanol–water partition coefficient (Wildman–Crippen LogP) is 3.34. The molecule has 0 fully saturated rings. The maximum atomic E-state index is 12.1. The molecule has 7 nitrogen and oxygen atoms in total. The standard InChI is InChI=1S/C16H13N3O4S/c1-22-10-2-4-11(5-3-10)24-12-6-15(23-8-12)13(20)7-14(21)16-17-9-18-19-16/h2-9,21H,1H3,(H,17,18,19). The molecule has 3 aromatic rings. The number of rotatable bonds is 6. The third kappa shape index (κ3) is 3.66. The SMILES string of the molecule is COc1ccc(Sc2coc(C(=O)C=C(O)c3ncn[nH]3)c2)cc1. The van der Waals surface area contributed by atoms with Gasteiger partial charge in [-0.05, 0) is 24.3 Å². The number of H-pyrrole nitrogens is 1. The van der Waals surface area contributed by atoms with Crippen LogP contribution < -0.4 is 4.74 Å². The molecule has 24 heavy (non-hydrogen) atoms. The van der Waals surface area contributed by atoms with Gasteiger partial charge in [0.25, 0.3) is 0 Å². The molecule has 0 aliphatic heterocycles. The first-order valence-electron chi connectivity index (χ1n) is 6.87. The average Bonchev–Trinajstić information content (AvgIpc) is 3.27. The topological polar surface area (TPSA) is 101 Å². The molecule has 8 heteroatoms. The molecule has 3 rings (SSSR count). The summed E-state index contributed by atoms with van der Waals surface area (Å²) < 4.78 is 10.4. The van der Waals surface area contributed by atoms with Gasteiger partial charge in [0.2, 0.25) is 5.78 Å². The van der Waals surface area contributed by atoms with Gasteiger partial charge in [0.1, 0.15) is 18.3 Å². The molecule has 0 saturated heterocycles. The number of methoxy groups -OCH3 is 1. The highest BCUT2D eigenvalue weighted by Crippen LogP contribution is 2.30. The quantitative estimate of drug-likeness (QED) is 0.402. The van der Waals surface area contributed by atoms with Crippen molar-refractivity contribution in [2.75, 3.05) is 7.11 Å². The first-order valence-corrected chi connectivity index (χ1v) is 7.68. The highest BCUT2D eigenvalue weighted by molar-refractivity contribution is 7.99. The fourth-order valence-electron chi connectivity index (χ4n) is 1.87. The lowest BCUT2D eigenvalue weighted by atomic mass is 10.2. The molecule has 0 spiro atoms. The minimum atomic E-state index is -0.467. The minimum Gasteiger partial charge on any atom is -0.504 e. The van der Waals surface area contributed by atoms with Gasteiger partial charge in [-0.1, -0.05) is 11.8 Å². The molecule has 0 aliphatic rings. The van der Waals surface area contributed by atoms with E-state index < -0.39 is 5.78 Å². The third-order valence-electron chi connectivity index (χ3n) is 3.04. The van der Waals surface area contributed by atoms with Crippen molar-refractivity contribution >= 4 is 23.3 Å². The highest BCUT2D eigenvalue weighted by atomic mass is 32.2. The normalized spacial score (nSPS) is 11.5. The zero-order valence-electron chi connectivity index (χ0n) is 12.6. The Bertz CT molecular complexity index is 854. The second kappa shape index (κ2) is 7.05. The third-order valence-corrected chi connectivity index (χ3v) is 4.00. The van der Waals surface area contributed by atoms with E-state index in [0.29, 0.717) is 0 Å². The van der Waals surface area contributed by atoms with E-state index in [1.807, 2.05) is 24.3 Å². The summed E-state index contributed by atoms with van der Waals surface area (Å²) in [5.74, 6) is 0.235. The van der Waals surface area contributed by atoms with Gasteiger partial charge in [-0.2, -0.15) is 5.10 Å². The van der Waals surface area contributed by atoms with Crippen molar-refractivity contribution in [2.24, 2.45) is 0 Å². The van der Waals surface area contributed by atoms with Crippen LogP contribution in [-0.4, -0.2) is 33.2 Å². The van der Waals surface area contributed by atoms with Crippen molar-refractivity contribution in [3.05, 3.63) is 60.6 Å². The molecule has 2 aromatic heterocycles. The molecule has 0 bridgehead atoms. The molecule has 2 heterocycles. The van der Waals surface area contributed by atoms with Gasteiger partial charge in [-0.25, -0.2) is 4.98 Å². The number of aliphatic hydroxyl groups excluding tert-OH is 1. The van der Waals surface area contributed by atoms with Crippen LogP contribution in [-0.2, 0) is 0 Å². The number of hydrogen-bond donors (Lipinski definition) is 2. The van der Waals surface area contributed by atoms with E-state index in [4.69, 9.17) is 9.15 Å². The molecule has 0 amide bonds. The van der Waals surface area contributed by atoms with Crippen molar-refractivity contribution in [1.82, 2.24) is 15.2 Å². The van der Waals surface area contributed by atoms with Crippen LogP contribution in [0.4, 0.5) is 0 Å². The average molecular weight is 343 g/mol. The van der Waals surface area contributed by atoms with Crippen LogP contribution >= 0.6 is 11.8 Å². The minimum absolute atomic E-state index is 0.114. The van der Waals surface area contributed by atoms with Gasteiger partial charge in [-0.3, -0.25) is 9.89 Å². The fraction of sp³-hybridized carbons (Fsp3) is 0.0625. The molecule has 122 valence electrons. The monoisotopic (exact) mass is 343 g/mol. The number of benzene rings is 1. The zero-order chi connectivity index (χ0) is 16.9. The Morgan fingerprint density at radius 1 is 1.33 bits per heavy atom. The second-order valence-electron chi connectivity index (χ2n) is 4.65. The van der Waals surface area contributed by atoms with Crippen molar-refractivity contribution in [1.29, 1.82) is 0 Å². The molecule has 0 saturated carbocycles. The van der Waals surface area contributed by atoms with E-state index in [-0.39, 0.29) is 17.3 Å². The number of hydrogen-bond acceptors (Lipinski definition) is 7. The molecule has 0 atom stereocenters. The summed E-state index contributed by atoms with van der Waals surface area (Å²) >= 11 is 1.45. The summed E-state index contributed by atoms with van der Waals surface area (Å²) in [6.45, 7) is 0. The van der Waals surface area contributed by atoms with E-state index >= 15 is 0 Å². The van der Waals surface area contributed by atoms with E-state index in [1.165, 1.54) is 24.4 Å². The van der Waals surface area contributed by atoms with Crippen LogP contribution in [0.3, 0.4) is 0 Å². The largest absolute Gasteiger partial charge is 0.504 e. The van der Waals surface area contributed by atoms with Crippen LogP contribution in [0.15, 0.2) is 63.2 Å². The van der Waals surface area contributed by atoms with Gasteiger partial charge >= 0.3 is 0 Å². The van der Waals surface area contributed by atoms with Crippen LogP contribution in [0.2, 0.25) is 0 Å². The molecule has 0 aliphatic carbocycles.